The van der Waals surface area contributed by atoms with E-state index in [9.17, 15) is 13.2 Å². The molecule has 18 heavy (non-hydrogen) atoms. The standard InChI is InChI=1S/C10H12N2O5S/c1-4-5-12(6-9(13)14)18(15,16)10-7(2)11-17-8(10)3/h1H,5-6H2,2-3H3,(H,13,14). The quantitative estimate of drug-likeness (QED) is 0.757. The fourth-order valence-electron chi connectivity index (χ4n) is 1.45. The topological polar surface area (TPSA) is 101 Å². The number of carbonyl (C=O) groups is 1. The Morgan fingerprint density at radius 3 is 2.56 bits per heavy atom. The van der Waals surface area contributed by atoms with E-state index in [2.05, 4.69) is 11.1 Å². The van der Waals surface area contributed by atoms with Gasteiger partial charge in [-0.3, -0.25) is 4.79 Å². The highest BCUT2D eigenvalue weighted by Gasteiger charge is 2.31. The summed E-state index contributed by atoms with van der Waals surface area (Å²) in [6, 6.07) is 0. The maximum atomic E-state index is 12.2. The summed E-state index contributed by atoms with van der Waals surface area (Å²) in [5.41, 5.74) is 0.167. The molecule has 0 amide bonds. The molecule has 0 aromatic carbocycles. The first kappa shape index (κ1) is 14.2. The van der Waals surface area contributed by atoms with Gasteiger partial charge in [0.1, 0.15) is 17.1 Å². The number of hydrogen-bond donors (Lipinski definition) is 1. The van der Waals surface area contributed by atoms with Crippen molar-refractivity contribution < 1.29 is 22.8 Å². The van der Waals surface area contributed by atoms with Crippen LogP contribution < -0.4 is 0 Å². The van der Waals surface area contributed by atoms with Crippen LogP contribution in [0.4, 0.5) is 0 Å². The molecule has 0 aliphatic heterocycles. The molecular weight excluding hydrogens is 260 g/mol. The van der Waals surface area contributed by atoms with Crippen LogP contribution in [0.1, 0.15) is 11.5 Å². The second-order valence-electron chi connectivity index (χ2n) is 3.52. The number of nitrogens with zero attached hydrogens (tertiary/aromatic N) is 2. The van der Waals surface area contributed by atoms with Crippen molar-refractivity contribution in [2.75, 3.05) is 13.1 Å². The van der Waals surface area contributed by atoms with Crippen molar-refractivity contribution in [1.29, 1.82) is 0 Å². The first-order valence-electron chi connectivity index (χ1n) is 4.89. The second-order valence-corrected chi connectivity index (χ2v) is 5.40. The predicted octanol–water partition coefficient (Wildman–Crippen LogP) is -0.0000600. The van der Waals surface area contributed by atoms with Crippen molar-refractivity contribution in [3.63, 3.8) is 0 Å². The highest BCUT2D eigenvalue weighted by Crippen LogP contribution is 2.22. The van der Waals surface area contributed by atoms with E-state index in [0.717, 1.165) is 0 Å². The average Bonchev–Trinajstić information content (AvgIpc) is 2.57. The van der Waals surface area contributed by atoms with Gasteiger partial charge in [-0.25, -0.2) is 8.42 Å². The van der Waals surface area contributed by atoms with E-state index in [-0.39, 0.29) is 22.9 Å². The van der Waals surface area contributed by atoms with E-state index in [0.29, 0.717) is 4.31 Å². The van der Waals surface area contributed by atoms with Crippen molar-refractivity contribution in [1.82, 2.24) is 9.46 Å². The Kier molecular flexibility index (Phi) is 4.11. The normalized spacial score (nSPS) is 11.4. The smallest absolute Gasteiger partial charge is 0.318 e. The molecule has 1 rings (SSSR count). The summed E-state index contributed by atoms with van der Waals surface area (Å²) in [5.74, 6) is 0.919. The lowest BCUT2D eigenvalue weighted by Gasteiger charge is -2.17. The summed E-state index contributed by atoms with van der Waals surface area (Å²) < 4.78 is 29.9. The first-order chi connectivity index (χ1) is 8.30. The van der Waals surface area contributed by atoms with E-state index in [1.807, 2.05) is 0 Å². The molecule has 1 heterocycles. The first-order valence-corrected chi connectivity index (χ1v) is 6.33. The van der Waals surface area contributed by atoms with Gasteiger partial charge >= 0.3 is 5.97 Å². The second kappa shape index (κ2) is 5.20. The average molecular weight is 272 g/mol. The number of aryl methyl sites for hydroxylation is 2. The molecular formula is C10H12N2O5S. The number of aliphatic carboxylic acids is 1. The molecule has 0 unspecified atom stereocenters. The fourth-order valence-corrected chi connectivity index (χ4v) is 3.04. The molecule has 0 aliphatic carbocycles. The minimum atomic E-state index is -4.02. The number of hydrogen-bond acceptors (Lipinski definition) is 5. The summed E-state index contributed by atoms with van der Waals surface area (Å²) in [7, 11) is -4.02. The van der Waals surface area contributed by atoms with Crippen LogP contribution >= 0.6 is 0 Å². The van der Waals surface area contributed by atoms with Crippen LogP contribution in [-0.4, -0.2) is 42.0 Å². The Labute approximate surface area is 104 Å². The minimum Gasteiger partial charge on any atom is -0.480 e. The van der Waals surface area contributed by atoms with Crippen molar-refractivity contribution in [2.45, 2.75) is 18.7 Å². The van der Waals surface area contributed by atoms with E-state index in [4.69, 9.17) is 16.1 Å². The van der Waals surface area contributed by atoms with Gasteiger partial charge in [-0.1, -0.05) is 11.1 Å². The molecule has 0 saturated heterocycles. The summed E-state index contributed by atoms with van der Waals surface area (Å²) >= 11 is 0. The lowest BCUT2D eigenvalue weighted by atomic mass is 10.4. The van der Waals surface area contributed by atoms with Crippen LogP contribution in [0.3, 0.4) is 0 Å². The molecule has 98 valence electrons. The number of carboxylic acid groups (broad SMARTS) is 1. The predicted molar refractivity (Wildman–Crippen MR) is 61.2 cm³/mol. The van der Waals surface area contributed by atoms with Crippen molar-refractivity contribution in [3.8, 4) is 12.3 Å². The molecule has 8 heteroatoms. The Balaban J connectivity index is 3.26. The third-order valence-corrected chi connectivity index (χ3v) is 4.18. The molecule has 0 radical (unpaired) electrons. The largest absolute Gasteiger partial charge is 0.480 e. The van der Waals surface area contributed by atoms with E-state index in [1.165, 1.54) is 13.8 Å². The zero-order valence-corrected chi connectivity index (χ0v) is 10.7. The maximum absolute atomic E-state index is 12.2. The molecule has 1 N–H and O–H groups in total. The van der Waals surface area contributed by atoms with Crippen molar-refractivity contribution in [3.05, 3.63) is 11.5 Å². The van der Waals surface area contributed by atoms with Gasteiger partial charge in [0.05, 0.1) is 6.54 Å². The molecule has 0 bridgehead atoms. The van der Waals surface area contributed by atoms with Gasteiger partial charge in [-0.05, 0) is 13.8 Å². The number of aromatic nitrogens is 1. The zero-order valence-electron chi connectivity index (χ0n) is 9.87. The van der Waals surface area contributed by atoms with Gasteiger partial charge < -0.3 is 9.63 Å². The molecule has 1 aromatic rings. The van der Waals surface area contributed by atoms with E-state index >= 15 is 0 Å². The van der Waals surface area contributed by atoms with Crippen LogP contribution in [-0.2, 0) is 14.8 Å². The third-order valence-electron chi connectivity index (χ3n) is 2.14. The Bertz CT molecular complexity index is 577. The Morgan fingerprint density at radius 2 is 2.17 bits per heavy atom. The van der Waals surface area contributed by atoms with Gasteiger partial charge in [0.25, 0.3) is 0 Å². The summed E-state index contributed by atoms with van der Waals surface area (Å²) in [6.07, 6.45) is 5.04. The Hall–Kier alpha value is -1.85. The Morgan fingerprint density at radius 1 is 1.56 bits per heavy atom. The van der Waals surface area contributed by atoms with E-state index in [1.54, 1.807) is 0 Å². The number of rotatable bonds is 5. The van der Waals surface area contributed by atoms with Crippen LogP contribution in [0.5, 0.6) is 0 Å². The van der Waals surface area contributed by atoms with Crippen molar-refractivity contribution >= 4 is 16.0 Å². The zero-order chi connectivity index (χ0) is 13.9. The SMILES string of the molecule is C#CCN(CC(=O)O)S(=O)(=O)c1c(C)noc1C. The van der Waals surface area contributed by atoms with E-state index < -0.39 is 22.5 Å². The summed E-state index contributed by atoms with van der Waals surface area (Å²) in [6.45, 7) is 1.84. The molecule has 0 atom stereocenters. The number of terminal acetylenes is 1. The highest BCUT2D eigenvalue weighted by atomic mass is 32.2. The minimum absolute atomic E-state index is 0.0971. The third kappa shape index (κ3) is 2.69. The summed E-state index contributed by atoms with van der Waals surface area (Å²) in [5, 5.41) is 12.2. The van der Waals surface area contributed by atoms with Crippen LogP contribution in [0, 0.1) is 26.2 Å². The van der Waals surface area contributed by atoms with Crippen LogP contribution in [0.2, 0.25) is 0 Å². The molecule has 0 aliphatic rings. The fraction of sp³-hybridized carbons (Fsp3) is 0.400. The molecule has 0 spiro atoms. The van der Waals surface area contributed by atoms with Gasteiger partial charge in [-0.2, -0.15) is 4.31 Å². The van der Waals surface area contributed by atoms with Gasteiger partial charge in [-0.15, -0.1) is 6.42 Å². The van der Waals surface area contributed by atoms with Gasteiger partial charge in [0.15, 0.2) is 5.76 Å². The van der Waals surface area contributed by atoms with Gasteiger partial charge in [0.2, 0.25) is 10.0 Å². The van der Waals surface area contributed by atoms with Crippen molar-refractivity contribution in [2.24, 2.45) is 0 Å². The lowest BCUT2D eigenvalue weighted by Crippen LogP contribution is -2.36. The molecule has 1 aromatic heterocycles. The number of sulfonamides is 1. The molecule has 0 saturated carbocycles. The monoisotopic (exact) mass is 272 g/mol. The number of carboxylic acids is 1. The lowest BCUT2D eigenvalue weighted by molar-refractivity contribution is -0.137. The molecule has 7 nitrogen and oxygen atoms in total. The highest BCUT2D eigenvalue weighted by molar-refractivity contribution is 7.89. The van der Waals surface area contributed by atoms with Gasteiger partial charge in [0, 0.05) is 0 Å². The van der Waals surface area contributed by atoms with Crippen LogP contribution in [0.25, 0.3) is 0 Å². The summed E-state index contributed by atoms with van der Waals surface area (Å²) in [4.78, 5) is 10.5. The molecule has 0 fully saturated rings. The van der Waals surface area contributed by atoms with Crippen LogP contribution in [0.15, 0.2) is 9.42 Å². The maximum Gasteiger partial charge on any atom is 0.318 e.